The Morgan fingerprint density at radius 1 is 1.03 bits per heavy atom. The molecule has 0 saturated heterocycles. The largest absolute Gasteiger partial charge is 0.481 e. The van der Waals surface area contributed by atoms with Crippen molar-refractivity contribution in [2.24, 2.45) is 11.7 Å². The van der Waals surface area contributed by atoms with Crippen LogP contribution < -0.4 is 16.4 Å². The van der Waals surface area contributed by atoms with Gasteiger partial charge in [-0.2, -0.15) is 0 Å². The molecular formula is C21H25N5O8. The molecule has 2 amide bonds. The molecule has 4 atom stereocenters. The normalized spacial score (nSPS) is 14.4. The van der Waals surface area contributed by atoms with Crippen LogP contribution in [0.15, 0.2) is 30.6 Å². The van der Waals surface area contributed by atoms with Gasteiger partial charge in [0.1, 0.15) is 6.04 Å². The molecule has 0 radical (unpaired) electrons. The third kappa shape index (κ3) is 7.28. The number of nitrogens with zero attached hydrogens (tertiary/aromatic N) is 2. The zero-order chi connectivity index (χ0) is 25.4. The van der Waals surface area contributed by atoms with Gasteiger partial charge >= 0.3 is 11.9 Å². The molecule has 7 N–H and O–H groups in total. The van der Waals surface area contributed by atoms with Crippen LogP contribution in [0, 0.1) is 5.92 Å². The van der Waals surface area contributed by atoms with Crippen LogP contribution in [0.2, 0.25) is 0 Å². The number of Topliss-reactive ketones (excluding diaryl/α,β-unsaturated/α-hetero) is 1. The van der Waals surface area contributed by atoms with Gasteiger partial charge in [0, 0.05) is 30.9 Å². The van der Waals surface area contributed by atoms with Gasteiger partial charge in [0.15, 0.2) is 5.78 Å². The van der Waals surface area contributed by atoms with Crippen LogP contribution in [0.3, 0.4) is 0 Å². The molecule has 1 aromatic heterocycles. The average molecular weight is 475 g/mol. The lowest BCUT2D eigenvalue weighted by Gasteiger charge is -2.21. The van der Waals surface area contributed by atoms with Crippen molar-refractivity contribution in [3.63, 3.8) is 0 Å². The lowest BCUT2D eigenvalue weighted by molar-refractivity contribution is -0.144. The number of aromatic nitrogens is 2. The predicted molar refractivity (Wildman–Crippen MR) is 116 cm³/mol. The number of carbonyl (C=O) groups excluding carboxylic acids is 3. The van der Waals surface area contributed by atoms with E-state index in [4.69, 9.17) is 10.8 Å². The van der Waals surface area contributed by atoms with Gasteiger partial charge in [-0.1, -0.05) is 0 Å². The van der Waals surface area contributed by atoms with Crippen LogP contribution >= 0.6 is 0 Å². The molecule has 0 bridgehead atoms. The second-order valence-electron chi connectivity index (χ2n) is 7.60. The molecule has 0 saturated carbocycles. The van der Waals surface area contributed by atoms with E-state index >= 15 is 0 Å². The topological polar surface area (TPSA) is 222 Å². The number of nitrogens with one attached hydrogen (secondary N) is 2. The Labute approximate surface area is 193 Å². The van der Waals surface area contributed by atoms with Crippen molar-refractivity contribution < 1.29 is 39.3 Å². The van der Waals surface area contributed by atoms with E-state index in [2.05, 4.69) is 20.6 Å². The lowest BCUT2D eigenvalue weighted by atomic mass is 9.93. The van der Waals surface area contributed by atoms with Gasteiger partial charge in [-0.05, 0) is 25.1 Å². The Balaban J connectivity index is 2.06. The molecule has 1 aromatic carbocycles. The third-order valence-electron chi connectivity index (χ3n) is 4.94. The molecular weight excluding hydrogens is 450 g/mol. The van der Waals surface area contributed by atoms with E-state index in [1.54, 1.807) is 6.07 Å². The van der Waals surface area contributed by atoms with E-state index < -0.39 is 73.0 Å². The highest BCUT2D eigenvalue weighted by Crippen LogP contribution is 2.13. The number of hydrogen-bond donors (Lipinski definition) is 6. The molecule has 13 nitrogen and oxygen atoms in total. The summed E-state index contributed by atoms with van der Waals surface area (Å²) in [6, 6.07) is 1.57. The fourth-order valence-electron chi connectivity index (χ4n) is 3.01. The number of amides is 2. The summed E-state index contributed by atoms with van der Waals surface area (Å²) in [5, 5.41) is 32.4. The Morgan fingerprint density at radius 3 is 2.26 bits per heavy atom. The molecule has 13 heteroatoms. The van der Waals surface area contributed by atoms with Crippen molar-refractivity contribution in [2.75, 3.05) is 6.54 Å². The number of aliphatic hydroxyl groups is 1. The molecule has 0 aliphatic rings. The monoisotopic (exact) mass is 475 g/mol. The lowest BCUT2D eigenvalue weighted by Crippen LogP contribution is -2.51. The van der Waals surface area contributed by atoms with Crippen molar-refractivity contribution in [2.45, 2.75) is 38.0 Å². The van der Waals surface area contributed by atoms with Crippen molar-refractivity contribution in [3.05, 3.63) is 36.2 Å². The maximum atomic E-state index is 12.6. The number of ketones is 1. The molecule has 0 aliphatic heterocycles. The number of carboxylic acid groups (broad SMARTS) is 2. The van der Waals surface area contributed by atoms with Crippen molar-refractivity contribution in [3.8, 4) is 0 Å². The molecule has 2 aromatic rings. The summed E-state index contributed by atoms with van der Waals surface area (Å²) >= 11 is 0. The van der Waals surface area contributed by atoms with Gasteiger partial charge in [0.25, 0.3) is 5.91 Å². The molecule has 0 spiro atoms. The SMILES string of the molecule is CC(O)C(N)C(=O)CC(CC(=O)O)C(=O)NC(CNC(=O)c1ccc2nccnc2c1)C(=O)O. The first-order valence-corrected chi connectivity index (χ1v) is 10.2. The molecule has 0 aliphatic carbocycles. The summed E-state index contributed by atoms with van der Waals surface area (Å²) in [6.07, 6.45) is 0.351. The quantitative estimate of drug-likeness (QED) is 0.211. The van der Waals surface area contributed by atoms with E-state index in [1.807, 2.05) is 0 Å². The van der Waals surface area contributed by atoms with E-state index in [0.29, 0.717) is 11.0 Å². The number of rotatable bonds is 12. The summed E-state index contributed by atoms with van der Waals surface area (Å²) in [4.78, 5) is 68.0. The van der Waals surface area contributed by atoms with E-state index in [-0.39, 0.29) is 5.56 Å². The molecule has 2 rings (SSSR count). The number of fused-ring (bicyclic) bond motifs is 1. The van der Waals surface area contributed by atoms with Gasteiger partial charge in [0.2, 0.25) is 5.91 Å². The van der Waals surface area contributed by atoms with Gasteiger partial charge in [-0.25, -0.2) is 4.79 Å². The number of carbonyl (C=O) groups is 5. The third-order valence-corrected chi connectivity index (χ3v) is 4.94. The maximum absolute atomic E-state index is 12.6. The first-order chi connectivity index (χ1) is 16.0. The van der Waals surface area contributed by atoms with E-state index in [0.717, 1.165) is 0 Å². The van der Waals surface area contributed by atoms with Crippen molar-refractivity contribution in [1.82, 2.24) is 20.6 Å². The van der Waals surface area contributed by atoms with Crippen LogP contribution in [0.5, 0.6) is 0 Å². The average Bonchev–Trinajstić information content (AvgIpc) is 2.79. The Bertz CT molecular complexity index is 1090. The van der Waals surface area contributed by atoms with Gasteiger partial charge in [-0.3, -0.25) is 29.1 Å². The van der Waals surface area contributed by atoms with E-state index in [9.17, 15) is 34.2 Å². The maximum Gasteiger partial charge on any atom is 0.328 e. The number of aliphatic hydroxyl groups excluding tert-OH is 1. The standard InChI is InChI=1S/C21H25N5O8/c1-10(27)18(22)16(28)7-12(8-17(29)30)20(32)26-15(21(33)34)9-25-19(31)11-2-3-13-14(6-11)24-5-4-23-13/h2-6,10,12,15,18,27H,7-9,22H2,1H3,(H,25,31)(H,26,32)(H,29,30)(H,33,34). The van der Waals surface area contributed by atoms with Crippen molar-refractivity contribution >= 4 is 40.6 Å². The highest BCUT2D eigenvalue weighted by atomic mass is 16.4. The smallest absolute Gasteiger partial charge is 0.328 e. The highest BCUT2D eigenvalue weighted by molar-refractivity contribution is 5.98. The zero-order valence-electron chi connectivity index (χ0n) is 18.2. The Morgan fingerprint density at radius 2 is 1.68 bits per heavy atom. The summed E-state index contributed by atoms with van der Waals surface area (Å²) in [5.41, 5.74) is 6.73. The number of hydrogen-bond acceptors (Lipinski definition) is 9. The zero-order valence-corrected chi connectivity index (χ0v) is 18.2. The Kier molecular flexibility index (Phi) is 9.10. The van der Waals surface area contributed by atoms with Crippen LogP contribution in [0.4, 0.5) is 0 Å². The second kappa shape index (κ2) is 11.8. The van der Waals surface area contributed by atoms with Gasteiger partial charge in [0.05, 0.1) is 35.5 Å². The van der Waals surface area contributed by atoms with Crippen LogP contribution in [0.1, 0.15) is 30.1 Å². The minimum atomic E-state index is -1.60. The summed E-state index contributed by atoms with van der Waals surface area (Å²) in [5.74, 6) is -6.70. The van der Waals surface area contributed by atoms with E-state index in [1.165, 1.54) is 31.5 Å². The number of carboxylic acids is 2. The van der Waals surface area contributed by atoms with Gasteiger partial charge in [-0.15, -0.1) is 0 Å². The number of benzene rings is 1. The van der Waals surface area contributed by atoms with Crippen LogP contribution in [-0.4, -0.2) is 79.6 Å². The van der Waals surface area contributed by atoms with Gasteiger partial charge < -0.3 is 31.7 Å². The summed E-state index contributed by atoms with van der Waals surface area (Å²) in [6.45, 7) is 0.749. The van der Waals surface area contributed by atoms with Crippen molar-refractivity contribution in [1.29, 1.82) is 0 Å². The Hall–Kier alpha value is -3.97. The summed E-state index contributed by atoms with van der Waals surface area (Å²) < 4.78 is 0. The fraction of sp³-hybridized carbons (Fsp3) is 0.381. The molecule has 182 valence electrons. The van der Waals surface area contributed by atoms with Crippen LogP contribution in [0.25, 0.3) is 11.0 Å². The fourth-order valence-corrected chi connectivity index (χ4v) is 3.01. The summed E-state index contributed by atoms with van der Waals surface area (Å²) in [7, 11) is 0. The highest BCUT2D eigenvalue weighted by Gasteiger charge is 2.31. The number of aliphatic carboxylic acids is 2. The minimum Gasteiger partial charge on any atom is -0.481 e. The molecule has 0 fully saturated rings. The van der Waals surface area contributed by atoms with Crippen LogP contribution in [-0.2, 0) is 19.2 Å². The molecule has 4 unspecified atom stereocenters. The first kappa shape index (κ1) is 26.3. The first-order valence-electron chi connectivity index (χ1n) is 10.2. The second-order valence-corrected chi connectivity index (χ2v) is 7.60. The number of nitrogens with two attached hydrogens (primary N) is 1. The molecule has 34 heavy (non-hydrogen) atoms. The predicted octanol–water partition coefficient (Wildman–Crippen LogP) is -1.31. The molecule has 1 heterocycles. The minimum absolute atomic E-state index is 0.185.